The monoisotopic (exact) mass is 288 g/mol. The zero-order valence-electron chi connectivity index (χ0n) is 8.42. The van der Waals surface area contributed by atoms with Gasteiger partial charge in [0.15, 0.2) is 23.3 Å². The van der Waals surface area contributed by atoms with Crippen molar-refractivity contribution in [1.29, 1.82) is 0 Å². The largest absolute Gasteiger partial charge is 0.299 e. The van der Waals surface area contributed by atoms with Crippen molar-refractivity contribution in [3.63, 3.8) is 0 Å². The van der Waals surface area contributed by atoms with Crippen LogP contribution in [0.25, 0.3) is 5.69 Å². The summed E-state index contributed by atoms with van der Waals surface area (Å²) >= 11 is 0. The van der Waals surface area contributed by atoms with Crippen molar-refractivity contribution in [2.75, 3.05) is 0 Å². The highest BCUT2D eigenvalue weighted by atomic mass is 19.2. The number of hydrogen-bond acceptors (Lipinski definition) is 1. The highest BCUT2D eigenvalue weighted by Crippen LogP contribution is 2.28. The first-order chi connectivity index (χ1) is 8.77. The van der Waals surface area contributed by atoms with Crippen LogP contribution >= 0.6 is 0 Å². The summed E-state index contributed by atoms with van der Waals surface area (Å²) in [5.41, 5.74) is -2.00. The number of nitrogens with zero attached hydrogens (tertiary/aromatic N) is 2. The molecule has 0 saturated carbocycles. The van der Waals surface area contributed by atoms with Gasteiger partial charge in [0, 0.05) is 0 Å². The summed E-state index contributed by atoms with van der Waals surface area (Å²) in [5.74, 6) is -16.7. The van der Waals surface area contributed by atoms with Crippen LogP contribution in [0.5, 0.6) is 0 Å². The molecule has 0 bridgehead atoms. The summed E-state index contributed by atoms with van der Waals surface area (Å²) in [7, 11) is 0. The number of hydrogen-bond donors (Lipinski definition) is 0. The van der Waals surface area contributed by atoms with E-state index < -0.39 is 57.3 Å². The predicted molar refractivity (Wildman–Crippen MR) is 43.2 cm³/mol. The van der Waals surface area contributed by atoms with Crippen LogP contribution in [0.1, 0.15) is 0 Å². The van der Waals surface area contributed by atoms with E-state index in [-0.39, 0.29) is 0 Å². The molecule has 1 aromatic heterocycles. The van der Waals surface area contributed by atoms with Crippen molar-refractivity contribution in [1.82, 2.24) is 9.55 Å². The Morgan fingerprint density at radius 2 is 1.05 bits per heavy atom. The fraction of sp³-hybridized carbons (Fsp3) is 0. The van der Waals surface area contributed by atoms with Crippen molar-refractivity contribution >= 4 is 0 Å². The van der Waals surface area contributed by atoms with E-state index in [0.717, 1.165) is 0 Å². The topological polar surface area (TPSA) is 17.8 Å². The van der Waals surface area contributed by atoms with Crippen LogP contribution < -0.4 is 0 Å². The van der Waals surface area contributed by atoms with Gasteiger partial charge in [0.1, 0.15) is 5.69 Å². The maximum atomic E-state index is 13.2. The molecule has 0 amide bonds. The Morgan fingerprint density at radius 1 is 0.632 bits per heavy atom. The second-order valence-electron chi connectivity index (χ2n) is 3.22. The molecule has 0 radical (unpaired) electrons. The van der Waals surface area contributed by atoms with E-state index >= 15 is 0 Å². The molecule has 0 unspecified atom stereocenters. The van der Waals surface area contributed by atoms with E-state index in [1.54, 1.807) is 0 Å². The van der Waals surface area contributed by atoms with Gasteiger partial charge < -0.3 is 0 Å². The molecule has 2 rings (SSSR count). The lowest BCUT2D eigenvalue weighted by Gasteiger charge is -2.09. The molecular weight excluding hydrogens is 288 g/mol. The Balaban J connectivity index is 2.91. The minimum absolute atomic E-state index is 0.800. The van der Waals surface area contributed by atoms with Gasteiger partial charge >= 0.3 is 0 Å². The quantitative estimate of drug-likeness (QED) is 0.448. The second-order valence-corrected chi connectivity index (χ2v) is 3.22. The lowest BCUT2D eigenvalue weighted by atomic mass is 10.2. The first-order valence-electron chi connectivity index (χ1n) is 4.38. The number of halogens is 8. The van der Waals surface area contributed by atoms with E-state index in [9.17, 15) is 35.1 Å². The number of imidazole rings is 1. The summed E-state index contributed by atoms with van der Waals surface area (Å²) in [4.78, 5) is 2.23. The molecule has 0 spiro atoms. The van der Waals surface area contributed by atoms with Gasteiger partial charge in [0.2, 0.25) is 5.82 Å². The molecular formula is C9F8N2. The summed E-state index contributed by atoms with van der Waals surface area (Å²) < 4.78 is 103. The zero-order chi connectivity index (χ0) is 14.5. The third-order valence-corrected chi connectivity index (χ3v) is 2.15. The molecule has 10 heteroatoms. The van der Waals surface area contributed by atoms with E-state index in [0.29, 0.717) is 0 Å². The molecule has 0 aliphatic rings. The van der Waals surface area contributed by atoms with Gasteiger partial charge in [-0.3, -0.25) is 0 Å². The summed E-state index contributed by atoms with van der Waals surface area (Å²) in [6.45, 7) is 0. The molecule has 0 N–H and O–H groups in total. The third kappa shape index (κ3) is 1.74. The van der Waals surface area contributed by atoms with Crippen LogP contribution in [-0.4, -0.2) is 9.55 Å². The van der Waals surface area contributed by atoms with Crippen molar-refractivity contribution in [3.8, 4) is 5.69 Å². The average molecular weight is 288 g/mol. The minimum atomic E-state index is -2.51. The van der Waals surface area contributed by atoms with Crippen molar-refractivity contribution in [3.05, 3.63) is 47.1 Å². The molecule has 1 heterocycles. The highest BCUT2D eigenvalue weighted by molar-refractivity contribution is 5.38. The van der Waals surface area contributed by atoms with Gasteiger partial charge in [0.05, 0.1) is 0 Å². The van der Waals surface area contributed by atoms with Crippen molar-refractivity contribution in [2.24, 2.45) is 0 Å². The van der Waals surface area contributed by atoms with Crippen LogP contribution in [0.4, 0.5) is 35.1 Å². The lowest BCUT2D eigenvalue weighted by molar-refractivity contribution is 0.364. The van der Waals surface area contributed by atoms with Gasteiger partial charge in [-0.15, -0.1) is 0 Å². The van der Waals surface area contributed by atoms with E-state index in [4.69, 9.17) is 0 Å². The molecule has 0 fully saturated rings. The van der Waals surface area contributed by atoms with E-state index in [1.807, 2.05) is 0 Å². The summed E-state index contributed by atoms with van der Waals surface area (Å²) in [6, 6.07) is 0. The predicted octanol–water partition coefficient (Wildman–Crippen LogP) is 2.99. The summed E-state index contributed by atoms with van der Waals surface area (Å²) in [6.07, 6.45) is -2.11. The Morgan fingerprint density at radius 3 is 1.42 bits per heavy atom. The van der Waals surface area contributed by atoms with Crippen molar-refractivity contribution < 1.29 is 35.1 Å². The maximum Gasteiger partial charge on any atom is 0.299 e. The zero-order valence-corrected chi connectivity index (χ0v) is 8.42. The Kier molecular flexibility index (Phi) is 2.95. The molecule has 1 aromatic carbocycles. The normalized spacial score (nSPS) is 11.2. The van der Waals surface area contributed by atoms with Gasteiger partial charge in [-0.2, -0.15) is 18.2 Å². The molecule has 2 aromatic rings. The van der Waals surface area contributed by atoms with Gasteiger partial charge in [0.25, 0.3) is 18.0 Å². The van der Waals surface area contributed by atoms with Crippen molar-refractivity contribution in [2.45, 2.75) is 0 Å². The summed E-state index contributed by atoms with van der Waals surface area (Å²) in [5, 5.41) is 0. The molecule has 0 atom stereocenters. The smallest absolute Gasteiger partial charge is 0.236 e. The van der Waals surface area contributed by atoms with Gasteiger partial charge in [-0.25, -0.2) is 26.5 Å². The van der Waals surface area contributed by atoms with E-state index in [1.165, 1.54) is 0 Å². The van der Waals surface area contributed by atoms with Gasteiger partial charge in [-0.05, 0) is 0 Å². The standard InChI is InChI=1S/C9F8N2/c10-1-2(11)4(13)6(5(14)3(1)12)19-8(16)7(15)18-9(19)17. The number of aromatic nitrogens is 2. The average Bonchev–Trinajstić information content (AvgIpc) is 2.61. The Labute approximate surface area is 98.5 Å². The Bertz CT molecular complexity index is 649. The molecule has 0 aliphatic heterocycles. The van der Waals surface area contributed by atoms with Crippen LogP contribution in [-0.2, 0) is 0 Å². The van der Waals surface area contributed by atoms with E-state index in [2.05, 4.69) is 4.98 Å². The van der Waals surface area contributed by atoms with Crippen LogP contribution in [0.3, 0.4) is 0 Å². The molecule has 0 aliphatic carbocycles. The Hall–Kier alpha value is -2.13. The first-order valence-corrected chi connectivity index (χ1v) is 4.38. The van der Waals surface area contributed by atoms with Crippen LogP contribution in [0.2, 0.25) is 0 Å². The number of benzene rings is 1. The highest BCUT2D eigenvalue weighted by Gasteiger charge is 2.31. The first kappa shape index (κ1) is 13.3. The molecule has 0 saturated heterocycles. The fourth-order valence-electron chi connectivity index (χ4n) is 1.33. The molecule has 2 nitrogen and oxygen atoms in total. The SMILES string of the molecule is Fc1nc(F)n(-c2c(F)c(F)c(F)c(F)c2F)c1F. The lowest BCUT2D eigenvalue weighted by Crippen LogP contribution is -2.12. The minimum Gasteiger partial charge on any atom is -0.236 e. The molecule has 19 heavy (non-hydrogen) atoms. The second kappa shape index (κ2) is 4.21. The third-order valence-electron chi connectivity index (χ3n) is 2.15. The van der Waals surface area contributed by atoms with Gasteiger partial charge in [-0.1, -0.05) is 0 Å². The van der Waals surface area contributed by atoms with Crippen LogP contribution in [0, 0.1) is 47.1 Å². The van der Waals surface area contributed by atoms with Crippen LogP contribution in [0.15, 0.2) is 0 Å². The molecule has 102 valence electrons. The fourth-order valence-corrected chi connectivity index (χ4v) is 1.33. The number of rotatable bonds is 1. The maximum absolute atomic E-state index is 13.2.